The number of rotatable bonds is 7. The van der Waals surface area contributed by atoms with Crippen LogP contribution in [0.3, 0.4) is 0 Å². The van der Waals surface area contributed by atoms with Gasteiger partial charge in [-0.1, -0.05) is 6.42 Å². The van der Waals surface area contributed by atoms with Crippen molar-refractivity contribution >= 4 is 21.8 Å². The van der Waals surface area contributed by atoms with Crippen LogP contribution >= 0.6 is 0 Å². The minimum absolute atomic E-state index is 0.000195. The van der Waals surface area contributed by atoms with E-state index in [4.69, 9.17) is 14.7 Å². The Morgan fingerprint density at radius 1 is 1.15 bits per heavy atom. The van der Waals surface area contributed by atoms with Gasteiger partial charge >= 0.3 is 0 Å². The predicted octanol–water partition coefficient (Wildman–Crippen LogP) is 2.12. The quantitative estimate of drug-likeness (QED) is 0.526. The van der Waals surface area contributed by atoms with Crippen LogP contribution in [0.2, 0.25) is 0 Å². The second-order valence-corrected chi connectivity index (χ2v) is 12.5. The fraction of sp³-hybridized carbons (Fsp3) is 0.826. The Kier molecular flexibility index (Phi) is 7.00. The first kappa shape index (κ1) is 24.2. The molecule has 190 valence electrons. The van der Waals surface area contributed by atoms with Crippen LogP contribution in [0.4, 0.5) is 11.8 Å². The molecule has 1 aromatic heterocycles. The van der Waals surface area contributed by atoms with Crippen molar-refractivity contribution < 1.29 is 13.2 Å². The van der Waals surface area contributed by atoms with Crippen molar-refractivity contribution in [3.63, 3.8) is 0 Å². The standard InChI is InChI=1S/C23H39N7O3S/c1-4-34(31,32)30-16-7-5-8-17(30)13-18(12-16)29(3)23-24-19(20-9-6-10-33-20)14-21(26-23)25-22-11-15(2)27-28-22/h14-18,20,22,27-28H,4-13H2,1-3H3,(H,24,25,26)/t15?,16-,17+,18?,20?,22?. The van der Waals surface area contributed by atoms with Crippen LogP contribution in [0.5, 0.6) is 0 Å². The maximum atomic E-state index is 12.8. The van der Waals surface area contributed by atoms with Gasteiger partial charge < -0.3 is 15.0 Å². The van der Waals surface area contributed by atoms with Gasteiger partial charge in [0.2, 0.25) is 16.0 Å². The Labute approximate surface area is 203 Å². The first-order valence-corrected chi connectivity index (χ1v) is 14.5. The topological polar surface area (TPSA) is 112 Å². The summed E-state index contributed by atoms with van der Waals surface area (Å²) in [5, 5.41) is 3.51. The molecule has 4 saturated heterocycles. The molecule has 0 saturated carbocycles. The number of nitrogens with one attached hydrogen (secondary N) is 3. The van der Waals surface area contributed by atoms with Crippen LogP contribution in [0.25, 0.3) is 0 Å². The van der Waals surface area contributed by atoms with Crippen LogP contribution < -0.4 is 21.1 Å². The van der Waals surface area contributed by atoms with Crippen molar-refractivity contribution in [3.05, 3.63) is 11.8 Å². The Morgan fingerprint density at radius 3 is 2.53 bits per heavy atom. The highest BCUT2D eigenvalue weighted by Gasteiger charge is 2.45. The molecule has 6 atom stereocenters. The van der Waals surface area contributed by atoms with Gasteiger partial charge in [0, 0.05) is 43.9 Å². The van der Waals surface area contributed by atoms with E-state index >= 15 is 0 Å². The van der Waals surface area contributed by atoms with Gasteiger partial charge in [-0.3, -0.25) is 5.43 Å². The molecule has 4 aliphatic rings. The predicted molar refractivity (Wildman–Crippen MR) is 132 cm³/mol. The second-order valence-electron chi connectivity index (χ2n) is 10.3. The number of nitrogens with zero attached hydrogens (tertiary/aromatic N) is 4. The lowest BCUT2D eigenvalue weighted by Crippen LogP contribution is -2.58. The van der Waals surface area contributed by atoms with E-state index in [9.17, 15) is 8.42 Å². The SMILES string of the molecule is CCS(=O)(=O)N1[C@@H]2CCC[C@H]1CC(N(C)c1nc(NC3CC(C)NN3)cc(C3CCCO3)n1)C2. The highest BCUT2D eigenvalue weighted by atomic mass is 32.2. The summed E-state index contributed by atoms with van der Waals surface area (Å²) in [7, 11) is -1.14. The molecule has 0 amide bonds. The third kappa shape index (κ3) is 4.90. The molecule has 4 aliphatic heterocycles. The first-order chi connectivity index (χ1) is 16.3. The van der Waals surface area contributed by atoms with Crippen LogP contribution in [0, 0.1) is 0 Å². The highest BCUT2D eigenvalue weighted by Crippen LogP contribution is 2.39. The molecule has 11 heteroatoms. The maximum Gasteiger partial charge on any atom is 0.227 e. The number of sulfonamides is 1. The van der Waals surface area contributed by atoms with E-state index in [2.05, 4.69) is 35.0 Å². The summed E-state index contributed by atoms with van der Waals surface area (Å²) in [5.41, 5.74) is 7.44. The van der Waals surface area contributed by atoms with Crippen molar-refractivity contribution in [2.24, 2.45) is 0 Å². The third-order valence-electron chi connectivity index (χ3n) is 7.84. The molecule has 1 aromatic rings. The van der Waals surface area contributed by atoms with E-state index in [1.165, 1.54) is 0 Å². The van der Waals surface area contributed by atoms with Crippen molar-refractivity contribution in [2.75, 3.05) is 29.6 Å². The number of hydrazine groups is 1. The van der Waals surface area contributed by atoms with E-state index in [1.54, 1.807) is 6.92 Å². The molecular formula is C23H39N7O3S. The molecule has 5 heterocycles. The van der Waals surface area contributed by atoms with Crippen molar-refractivity contribution in [1.82, 2.24) is 25.1 Å². The number of anilines is 2. The zero-order chi connectivity index (χ0) is 23.9. The largest absolute Gasteiger partial charge is 0.372 e. The van der Waals surface area contributed by atoms with E-state index in [0.717, 1.165) is 69.5 Å². The average Bonchev–Trinajstić information content (AvgIpc) is 3.49. The normalized spacial score (nSPS) is 34.3. The first-order valence-electron chi connectivity index (χ1n) is 12.9. The number of hydrogen-bond donors (Lipinski definition) is 3. The molecule has 0 radical (unpaired) electrons. The lowest BCUT2D eigenvalue weighted by Gasteiger charge is -2.49. The number of hydrogen-bond acceptors (Lipinski definition) is 9. The summed E-state index contributed by atoms with van der Waals surface area (Å²) in [5.74, 6) is 1.65. The van der Waals surface area contributed by atoms with Crippen LogP contribution in [0.15, 0.2) is 6.07 Å². The van der Waals surface area contributed by atoms with E-state index < -0.39 is 10.0 Å². The van der Waals surface area contributed by atoms with Crippen molar-refractivity contribution in [1.29, 1.82) is 0 Å². The van der Waals surface area contributed by atoms with Crippen molar-refractivity contribution in [2.45, 2.75) is 102 Å². The highest BCUT2D eigenvalue weighted by molar-refractivity contribution is 7.89. The molecule has 4 fully saturated rings. The fourth-order valence-corrected chi connectivity index (χ4v) is 7.63. The van der Waals surface area contributed by atoms with Gasteiger partial charge in [0.1, 0.15) is 5.82 Å². The van der Waals surface area contributed by atoms with E-state index in [-0.39, 0.29) is 36.1 Å². The van der Waals surface area contributed by atoms with Gasteiger partial charge in [0.25, 0.3) is 0 Å². The summed E-state index contributed by atoms with van der Waals surface area (Å²) >= 11 is 0. The minimum atomic E-state index is -3.19. The van der Waals surface area contributed by atoms with Crippen molar-refractivity contribution in [3.8, 4) is 0 Å². The van der Waals surface area contributed by atoms with Gasteiger partial charge in [-0.15, -0.1) is 0 Å². The summed E-state index contributed by atoms with van der Waals surface area (Å²) < 4.78 is 33.4. The van der Waals surface area contributed by atoms with E-state index in [0.29, 0.717) is 12.0 Å². The molecule has 4 unspecified atom stereocenters. The lowest BCUT2D eigenvalue weighted by atomic mass is 9.83. The summed E-state index contributed by atoms with van der Waals surface area (Å²) in [4.78, 5) is 12.0. The van der Waals surface area contributed by atoms with E-state index in [1.807, 2.05) is 10.4 Å². The molecular weight excluding hydrogens is 454 g/mol. The monoisotopic (exact) mass is 493 g/mol. The Hall–Kier alpha value is -1.53. The fourth-order valence-electron chi connectivity index (χ4n) is 6.04. The van der Waals surface area contributed by atoms with Crippen LogP contribution in [0.1, 0.15) is 77.0 Å². The molecule has 0 aliphatic carbocycles. The smallest absolute Gasteiger partial charge is 0.227 e. The van der Waals surface area contributed by atoms with Gasteiger partial charge in [-0.05, 0) is 58.8 Å². The number of piperidine rings is 2. The van der Waals surface area contributed by atoms with Crippen LogP contribution in [-0.2, 0) is 14.8 Å². The molecule has 5 rings (SSSR count). The lowest BCUT2D eigenvalue weighted by molar-refractivity contribution is 0.107. The molecule has 2 bridgehead atoms. The number of aromatic nitrogens is 2. The third-order valence-corrected chi connectivity index (χ3v) is 9.81. The molecule has 0 spiro atoms. The Balaban J connectivity index is 1.38. The minimum Gasteiger partial charge on any atom is -0.372 e. The zero-order valence-electron chi connectivity index (χ0n) is 20.5. The van der Waals surface area contributed by atoms with Crippen LogP contribution in [-0.4, -0.2) is 72.4 Å². The molecule has 3 N–H and O–H groups in total. The second kappa shape index (κ2) is 9.85. The summed E-state index contributed by atoms with van der Waals surface area (Å²) in [6.45, 7) is 4.66. The summed E-state index contributed by atoms with van der Waals surface area (Å²) in [6.07, 6.45) is 7.66. The Bertz CT molecular complexity index is 957. The molecule has 10 nitrogen and oxygen atoms in total. The maximum absolute atomic E-state index is 12.8. The van der Waals surface area contributed by atoms with Gasteiger partial charge in [0.15, 0.2) is 0 Å². The van der Waals surface area contributed by atoms with Gasteiger partial charge in [-0.2, -0.15) is 9.29 Å². The molecule has 34 heavy (non-hydrogen) atoms. The summed E-state index contributed by atoms with van der Waals surface area (Å²) in [6, 6.07) is 2.75. The Morgan fingerprint density at radius 2 is 1.91 bits per heavy atom. The zero-order valence-corrected chi connectivity index (χ0v) is 21.4. The number of ether oxygens (including phenoxy) is 1. The number of fused-ring (bicyclic) bond motifs is 2. The van der Waals surface area contributed by atoms with Gasteiger partial charge in [-0.25, -0.2) is 18.8 Å². The van der Waals surface area contributed by atoms with Gasteiger partial charge in [0.05, 0.1) is 23.7 Å². The average molecular weight is 494 g/mol. The molecule has 0 aromatic carbocycles.